The highest BCUT2D eigenvalue weighted by Gasteiger charge is 2.43. The van der Waals surface area contributed by atoms with Crippen LogP contribution in [0.15, 0.2) is 29.3 Å². The zero-order valence-electron chi connectivity index (χ0n) is 6.54. The second-order valence-electron chi connectivity index (χ2n) is 2.40. The zero-order valence-corrected chi connectivity index (χ0v) is 6.54. The molecule has 68 valence electrons. The van der Waals surface area contributed by atoms with Crippen LogP contribution in [0.5, 0.6) is 0 Å². The van der Waals surface area contributed by atoms with Crippen molar-refractivity contribution in [3.8, 4) is 0 Å². The van der Waals surface area contributed by atoms with Gasteiger partial charge >= 0.3 is 11.9 Å². The Morgan fingerprint density at radius 1 is 1.08 bits per heavy atom. The quantitative estimate of drug-likeness (QED) is 0.591. The fourth-order valence-corrected chi connectivity index (χ4v) is 0.857. The third-order valence-corrected chi connectivity index (χ3v) is 1.58. The van der Waals surface area contributed by atoms with E-state index in [1.807, 2.05) is 0 Å². The molecule has 13 heavy (non-hydrogen) atoms. The van der Waals surface area contributed by atoms with Gasteiger partial charge in [0.1, 0.15) is 0 Å². The third-order valence-electron chi connectivity index (χ3n) is 1.58. The largest absolute Gasteiger partial charge is 0.479 e. The van der Waals surface area contributed by atoms with E-state index in [9.17, 15) is 9.59 Å². The van der Waals surface area contributed by atoms with Gasteiger partial charge in [0.15, 0.2) is 0 Å². The minimum Gasteiger partial charge on any atom is -0.479 e. The van der Waals surface area contributed by atoms with Crippen LogP contribution >= 0.6 is 0 Å². The molecule has 1 aliphatic heterocycles. The van der Waals surface area contributed by atoms with Gasteiger partial charge < -0.3 is 10.2 Å². The molecule has 5 nitrogen and oxygen atoms in total. The monoisotopic (exact) mass is 181 g/mol. The van der Waals surface area contributed by atoms with Crippen molar-refractivity contribution < 1.29 is 19.8 Å². The number of hydrogen-bond acceptors (Lipinski definition) is 3. The summed E-state index contributed by atoms with van der Waals surface area (Å²) in [4.78, 5) is 24.8. The van der Waals surface area contributed by atoms with Gasteiger partial charge in [0.2, 0.25) is 0 Å². The van der Waals surface area contributed by atoms with Gasteiger partial charge in [-0.1, -0.05) is 12.2 Å². The number of carboxylic acid groups (broad SMARTS) is 2. The SMILES string of the molecule is O=C(O)C1(C(=O)O)C=CC=CC=N1. The smallest absolute Gasteiger partial charge is 0.347 e. The minimum atomic E-state index is -2.18. The van der Waals surface area contributed by atoms with Gasteiger partial charge in [-0.3, -0.25) is 4.99 Å². The molecule has 0 aromatic rings. The molecule has 0 aromatic heterocycles. The van der Waals surface area contributed by atoms with Crippen LogP contribution in [0.3, 0.4) is 0 Å². The molecule has 0 bridgehead atoms. The molecular formula is C8H7NO4. The molecule has 0 amide bonds. The van der Waals surface area contributed by atoms with Gasteiger partial charge in [-0.05, 0) is 12.2 Å². The van der Waals surface area contributed by atoms with Crippen molar-refractivity contribution in [3.05, 3.63) is 24.3 Å². The van der Waals surface area contributed by atoms with Gasteiger partial charge in [-0.25, -0.2) is 9.59 Å². The van der Waals surface area contributed by atoms with Crippen molar-refractivity contribution in [2.75, 3.05) is 0 Å². The van der Waals surface area contributed by atoms with E-state index in [4.69, 9.17) is 10.2 Å². The molecular weight excluding hydrogens is 174 g/mol. The molecule has 0 atom stereocenters. The van der Waals surface area contributed by atoms with Gasteiger partial charge in [-0.15, -0.1) is 0 Å². The average molecular weight is 181 g/mol. The Morgan fingerprint density at radius 3 is 2.23 bits per heavy atom. The van der Waals surface area contributed by atoms with E-state index < -0.39 is 17.5 Å². The van der Waals surface area contributed by atoms with E-state index in [1.165, 1.54) is 18.2 Å². The predicted molar refractivity (Wildman–Crippen MR) is 44.8 cm³/mol. The summed E-state index contributed by atoms with van der Waals surface area (Å²) in [5.41, 5.74) is -2.18. The first-order chi connectivity index (χ1) is 6.09. The first-order valence-corrected chi connectivity index (χ1v) is 3.46. The molecule has 0 spiro atoms. The van der Waals surface area contributed by atoms with Crippen molar-refractivity contribution in [2.45, 2.75) is 5.54 Å². The van der Waals surface area contributed by atoms with E-state index >= 15 is 0 Å². The second kappa shape index (κ2) is 3.22. The van der Waals surface area contributed by atoms with Crippen molar-refractivity contribution in [1.82, 2.24) is 0 Å². The topological polar surface area (TPSA) is 87.0 Å². The average Bonchev–Trinajstić information content (AvgIpc) is 2.28. The molecule has 1 aliphatic rings. The summed E-state index contributed by atoms with van der Waals surface area (Å²) >= 11 is 0. The number of nitrogens with zero attached hydrogens (tertiary/aromatic N) is 1. The maximum atomic E-state index is 10.7. The number of carbonyl (C=O) groups is 2. The van der Waals surface area contributed by atoms with Crippen LogP contribution in [-0.2, 0) is 9.59 Å². The lowest BCUT2D eigenvalue weighted by Crippen LogP contribution is -2.42. The lowest BCUT2D eigenvalue weighted by Gasteiger charge is -2.14. The molecule has 2 N–H and O–H groups in total. The molecule has 0 aliphatic carbocycles. The molecule has 1 rings (SSSR count). The highest BCUT2D eigenvalue weighted by Crippen LogP contribution is 2.15. The predicted octanol–water partition coefficient (Wildman–Crippen LogP) is 0.0912. The summed E-state index contributed by atoms with van der Waals surface area (Å²) in [6, 6.07) is 0. The maximum absolute atomic E-state index is 10.7. The van der Waals surface area contributed by atoms with Crippen molar-refractivity contribution in [1.29, 1.82) is 0 Å². The molecule has 0 unspecified atom stereocenters. The number of hydrogen-bond donors (Lipinski definition) is 2. The van der Waals surface area contributed by atoms with E-state index in [2.05, 4.69) is 4.99 Å². The van der Waals surface area contributed by atoms with Gasteiger partial charge in [0.05, 0.1) is 0 Å². The Labute approximate surface area is 73.7 Å². The Hall–Kier alpha value is -1.91. The maximum Gasteiger partial charge on any atom is 0.347 e. The lowest BCUT2D eigenvalue weighted by molar-refractivity contribution is -0.153. The van der Waals surface area contributed by atoms with Crippen molar-refractivity contribution in [3.63, 3.8) is 0 Å². The van der Waals surface area contributed by atoms with E-state index in [1.54, 1.807) is 0 Å². The molecule has 1 heterocycles. The van der Waals surface area contributed by atoms with Crippen LogP contribution in [0.4, 0.5) is 0 Å². The van der Waals surface area contributed by atoms with E-state index in [-0.39, 0.29) is 0 Å². The minimum absolute atomic E-state index is 1.03. The van der Waals surface area contributed by atoms with Crippen LogP contribution in [0.25, 0.3) is 0 Å². The van der Waals surface area contributed by atoms with Crippen LogP contribution in [0, 0.1) is 0 Å². The fraction of sp³-hybridized carbons (Fsp3) is 0.125. The Kier molecular flexibility index (Phi) is 2.27. The number of allylic oxidation sites excluding steroid dienone is 3. The first kappa shape index (κ1) is 9.18. The number of rotatable bonds is 2. The van der Waals surface area contributed by atoms with Gasteiger partial charge in [0.25, 0.3) is 5.54 Å². The van der Waals surface area contributed by atoms with E-state index in [0.717, 1.165) is 12.3 Å². The van der Waals surface area contributed by atoms with Crippen molar-refractivity contribution in [2.24, 2.45) is 4.99 Å². The third kappa shape index (κ3) is 1.48. The summed E-state index contributed by atoms with van der Waals surface area (Å²) in [6.07, 6.45) is 6.50. The standard InChI is InChI=1S/C8H7NO4/c10-6(11)8(7(12)13)4-2-1-3-5-9-8/h1-5H,(H,10,11)(H,12,13). The molecule has 0 radical (unpaired) electrons. The van der Waals surface area contributed by atoms with Gasteiger partial charge in [-0.2, -0.15) is 0 Å². The number of aliphatic carboxylic acids is 2. The zero-order chi connectivity index (χ0) is 9.90. The molecule has 0 fully saturated rings. The molecule has 0 saturated heterocycles. The van der Waals surface area contributed by atoms with Crippen LogP contribution in [0.1, 0.15) is 0 Å². The summed E-state index contributed by atoms with van der Waals surface area (Å²) in [7, 11) is 0. The Balaban J connectivity index is 3.19. The van der Waals surface area contributed by atoms with Gasteiger partial charge in [0, 0.05) is 6.21 Å². The summed E-state index contributed by atoms with van der Waals surface area (Å²) in [6.45, 7) is 0. The molecule has 5 heteroatoms. The van der Waals surface area contributed by atoms with Crippen molar-refractivity contribution >= 4 is 18.2 Å². The summed E-state index contributed by atoms with van der Waals surface area (Å²) < 4.78 is 0. The highest BCUT2D eigenvalue weighted by atomic mass is 16.4. The fourth-order valence-electron chi connectivity index (χ4n) is 0.857. The van der Waals surface area contributed by atoms with E-state index in [0.29, 0.717) is 0 Å². The Morgan fingerprint density at radius 2 is 1.69 bits per heavy atom. The van der Waals surface area contributed by atoms with Crippen LogP contribution in [-0.4, -0.2) is 33.9 Å². The lowest BCUT2D eigenvalue weighted by atomic mass is 10.0. The highest BCUT2D eigenvalue weighted by molar-refractivity contribution is 6.07. The summed E-state index contributed by atoms with van der Waals surface area (Å²) in [5, 5.41) is 17.4. The normalized spacial score (nSPS) is 18.2. The number of aliphatic imine (C=N–C) groups is 1. The second-order valence-corrected chi connectivity index (χ2v) is 2.40. The summed E-state index contributed by atoms with van der Waals surface area (Å²) in [5.74, 6) is -3.01. The number of carboxylic acids is 2. The van der Waals surface area contributed by atoms with Crippen LogP contribution < -0.4 is 0 Å². The van der Waals surface area contributed by atoms with Crippen LogP contribution in [0.2, 0.25) is 0 Å². The first-order valence-electron chi connectivity index (χ1n) is 3.46. The Bertz CT molecular complexity index is 295. The molecule has 0 aromatic carbocycles. The molecule has 0 saturated carbocycles.